The van der Waals surface area contributed by atoms with E-state index in [0.717, 1.165) is 34.8 Å². The number of pyridine rings is 1. The number of nitrogens with zero attached hydrogens (tertiary/aromatic N) is 3. The maximum atomic E-state index is 6.27. The molecule has 1 fully saturated rings. The Morgan fingerprint density at radius 2 is 1.89 bits per heavy atom. The number of hydrogen-bond donors (Lipinski definition) is 1. The Balaban J connectivity index is 1.78. The molecule has 0 unspecified atom stereocenters. The summed E-state index contributed by atoms with van der Waals surface area (Å²) in [5, 5.41) is 1.09. The maximum absolute atomic E-state index is 6.27. The van der Waals surface area contributed by atoms with Crippen LogP contribution >= 0.6 is 23.2 Å². The summed E-state index contributed by atoms with van der Waals surface area (Å²) in [4.78, 5) is 7.32. The molecule has 0 bridgehead atoms. The molecule has 1 aliphatic rings. The molecule has 4 nitrogen and oxygen atoms in total. The highest BCUT2D eigenvalue weighted by Gasteiger charge is 2.22. The van der Waals surface area contributed by atoms with Crippen LogP contribution in [0.1, 0.15) is 37.8 Å². The summed E-state index contributed by atoms with van der Waals surface area (Å²) < 4.78 is 2.10. The zero-order chi connectivity index (χ0) is 19.0. The van der Waals surface area contributed by atoms with Crippen molar-refractivity contribution in [1.82, 2.24) is 14.3 Å². The Kier molecular flexibility index (Phi) is 5.31. The quantitative estimate of drug-likeness (QED) is 0.612. The normalized spacial score (nSPS) is 15.7. The van der Waals surface area contributed by atoms with Gasteiger partial charge in [-0.1, -0.05) is 48.5 Å². The minimum Gasteiger partial charge on any atom is -0.398 e. The first-order chi connectivity index (χ1) is 13.0. The summed E-state index contributed by atoms with van der Waals surface area (Å²) >= 11 is 12.4. The molecule has 1 aromatic carbocycles. The van der Waals surface area contributed by atoms with E-state index in [1.807, 2.05) is 36.5 Å². The highest BCUT2D eigenvalue weighted by atomic mass is 35.5. The molecule has 3 aromatic rings. The molecule has 2 aromatic heterocycles. The summed E-state index contributed by atoms with van der Waals surface area (Å²) in [6.45, 7) is 0.810. The van der Waals surface area contributed by atoms with Crippen molar-refractivity contribution in [2.45, 2.75) is 44.7 Å². The molecule has 2 N–H and O–H groups in total. The summed E-state index contributed by atoms with van der Waals surface area (Å²) in [6, 6.07) is 10.2. The Hall–Kier alpha value is -1.75. The van der Waals surface area contributed by atoms with Gasteiger partial charge in [-0.25, -0.2) is 4.98 Å². The van der Waals surface area contributed by atoms with Crippen molar-refractivity contribution in [2.24, 2.45) is 0 Å². The van der Waals surface area contributed by atoms with E-state index in [4.69, 9.17) is 33.9 Å². The number of nitrogens with two attached hydrogens (primary N) is 1. The Labute approximate surface area is 169 Å². The van der Waals surface area contributed by atoms with E-state index in [0.29, 0.717) is 16.1 Å². The van der Waals surface area contributed by atoms with Crippen molar-refractivity contribution in [3.05, 3.63) is 52.3 Å². The first-order valence-electron chi connectivity index (χ1n) is 9.45. The standard InChI is InChI=1S/C21H24Cl2N4/c1-26(16-5-3-2-4-6-16)13-19-21(14-7-9-17(22)18(23)11-14)25-20-10-8-15(24)12-27(19)20/h7-12,16H,2-6,13,24H2,1H3. The molecule has 0 saturated heterocycles. The first-order valence-corrected chi connectivity index (χ1v) is 10.2. The third-order valence-corrected chi connectivity index (χ3v) is 6.27. The molecule has 4 rings (SSSR count). The molecule has 6 heteroatoms. The van der Waals surface area contributed by atoms with Gasteiger partial charge in [-0.05, 0) is 44.2 Å². The number of aromatic nitrogens is 2. The number of anilines is 1. The van der Waals surface area contributed by atoms with Gasteiger partial charge in [0.25, 0.3) is 0 Å². The number of rotatable bonds is 4. The van der Waals surface area contributed by atoms with E-state index in [2.05, 4.69) is 16.3 Å². The van der Waals surface area contributed by atoms with Crippen LogP contribution in [0.4, 0.5) is 5.69 Å². The molecule has 1 aliphatic carbocycles. The SMILES string of the molecule is CN(Cc1c(-c2ccc(Cl)c(Cl)c2)nc2ccc(N)cn12)C1CCCCC1. The highest BCUT2D eigenvalue weighted by molar-refractivity contribution is 6.42. The van der Waals surface area contributed by atoms with E-state index >= 15 is 0 Å². The maximum Gasteiger partial charge on any atom is 0.137 e. The molecule has 0 aliphatic heterocycles. The Morgan fingerprint density at radius 1 is 1.11 bits per heavy atom. The number of fused-ring (bicyclic) bond motifs is 1. The van der Waals surface area contributed by atoms with Crippen LogP contribution in [0.5, 0.6) is 0 Å². The number of imidazole rings is 1. The van der Waals surface area contributed by atoms with Gasteiger partial charge in [0.2, 0.25) is 0 Å². The van der Waals surface area contributed by atoms with Gasteiger partial charge in [0.15, 0.2) is 0 Å². The third kappa shape index (κ3) is 3.79. The average molecular weight is 403 g/mol. The second-order valence-electron chi connectivity index (χ2n) is 7.43. The van der Waals surface area contributed by atoms with Crippen LogP contribution in [-0.4, -0.2) is 27.4 Å². The summed E-state index contributed by atoms with van der Waals surface area (Å²) in [5.74, 6) is 0. The summed E-state index contributed by atoms with van der Waals surface area (Å²) in [5.41, 5.74) is 10.7. The lowest BCUT2D eigenvalue weighted by molar-refractivity contribution is 0.182. The Bertz CT molecular complexity index is 960. The van der Waals surface area contributed by atoms with Gasteiger partial charge in [0.05, 0.1) is 21.4 Å². The fraction of sp³-hybridized carbons (Fsp3) is 0.381. The topological polar surface area (TPSA) is 46.6 Å². The van der Waals surface area contributed by atoms with E-state index < -0.39 is 0 Å². The van der Waals surface area contributed by atoms with Crippen LogP contribution in [0.3, 0.4) is 0 Å². The van der Waals surface area contributed by atoms with Gasteiger partial charge in [0, 0.05) is 30.0 Å². The van der Waals surface area contributed by atoms with Crippen molar-refractivity contribution in [1.29, 1.82) is 0 Å². The second-order valence-corrected chi connectivity index (χ2v) is 8.25. The van der Waals surface area contributed by atoms with Gasteiger partial charge in [0.1, 0.15) is 5.65 Å². The first kappa shape index (κ1) is 18.6. The van der Waals surface area contributed by atoms with Gasteiger partial charge >= 0.3 is 0 Å². The van der Waals surface area contributed by atoms with E-state index in [1.54, 1.807) is 0 Å². The summed E-state index contributed by atoms with van der Waals surface area (Å²) in [6.07, 6.45) is 8.46. The van der Waals surface area contributed by atoms with Crippen LogP contribution in [0.2, 0.25) is 10.0 Å². The minimum absolute atomic E-state index is 0.539. The molecular formula is C21H24Cl2N4. The van der Waals surface area contributed by atoms with E-state index in [9.17, 15) is 0 Å². The number of hydrogen-bond acceptors (Lipinski definition) is 3. The zero-order valence-corrected chi connectivity index (χ0v) is 17.0. The minimum atomic E-state index is 0.539. The van der Waals surface area contributed by atoms with E-state index in [1.165, 1.54) is 32.1 Å². The van der Waals surface area contributed by atoms with Crippen LogP contribution in [0.25, 0.3) is 16.9 Å². The van der Waals surface area contributed by atoms with Gasteiger partial charge < -0.3 is 10.1 Å². The van der Waals surface area contributed by atoms with Crippen LogP contribution < -0.4 is 5.73 Å². The van der Waals surface area contributed by atoms with Crippen LogP contribution in [0.15, 0.2) is 36.5 Å². The van der Waals surface area contributed by atoms with Gasteiger partial charge in [-0.15, -0.1) is 0 Å². The van der Waals surface area contributed by atoms with Crippen LogP contribution in [0, 0.1) is 0 Å². The summed E-state index contributed by atoms with van der Waals surface area (Å²) in [7, 11) is 2.21. The molecule has 27 heavy (non-hydrogen) atoms. The molecule has 0 radical (unpaired) electrons. The van der Waals surface area contributed by atoms with Crippen molar-refractivity contribution in [3.8, 4) is 11.3 Å². The number of halogens is 2. The third-order valence-electron chi connectivity index (χ3n) is 5.53. The van der Waals surface area contributed by atoms with Crippen LogP contribution in [-0.2, 0) is 6.54 Å². The van der Waals surface area contributed by atoms with Crippen molar-refractivity contribution in [3.63, 3.8) is 0 Å². The lowest BCUT2D eigenvalue weighted by Crippen LogP contribution is -2.33. The smallest absolute Gasteiger partial charge is 0.137 e. The van der Waals surface area contributed by atoms with Crippen molar-refractivity contribution >= 4 is 34.5 Å². The van der Waals surface area contributed by atoms with Crippen molar-refractivity contribution in [2.75, 3.05) is 12.8 Å². The van der Waals surface area contributed by atoms with Gasteiger partial charge in [-0.3, -0.25) is 4.90 Å². The fourth-order valence-electron chi connectivity index (χ4n) is 4.02. The molecule has 0 amide bonds. The molecule has 142 valence electrons. The largest absolute Gasteiger partial charge is 0.398 e. The van der Waals surface area contributed by atoms with E-state index in [-0.39, 0.29) is 0 Å². The van der Waals surface area contributed by atoms with Gasteiger partial charge in [-0.2, -0.15) is 0 Å². The molecule has 0 atom stereocenters. The monoisotopic (exact) mass is 402 g/mol. The Morgan fingerprint density at radius 3 is 2.63 bits per heavy atom. The number of nitrogen functional groups attached to an aromatic ring is 1. The predicted octanol–water partition coefficient (Wildman–Crippen LogP) is 5.65. The lowest BCUT2D eigenvalue weighted by atomic mass is 9.94. The number of benzene rings is 1. The lowest BCUT2D eigenvalue weighted by Gasteiger charge is -2.31. The molecular weight excluding hydrogens is 379 g/mol. The molecule has 0 spiro atoms. The second kappa shape index (κ2) is 7.70. The molecule has 2 heterocycles. The predicted molar refractivity (Wildman–Crippen MR) is 113 cm³/mol. The highest BCUT2D eigenvalue weighted by Crippen LogP contribution is 2.32. The average Bonchev–Trinajstić information content (AvgIpc) is 3.02. The van der Waals surface area contributed by atoms with Crippen molar-refractivity contribution < 1.29 is 0 Å². The zero-order valence-electron chi connectivity index (χ0n) is 15.5. The molecule has 1 saturated carbocycles. The fourth-order valence-corrected chi connectivity index (χ4v) is 4.32.